The Morgan fingerprint density at radius 2 is 1.18 bits per heavy atom. The third-order valence-electron chi connectivity index (χ3n) is 13.6. The third kappa shape index (κ3) is 8.23. The second-order valence-corrected chi connectivity index (χ2v) is 18.2. The van der Waals surface area contributed by atoms with E-state index in [0.717, 1.165) is 104 Å². The van der Waals surface area contributed by atoms with E-state index in [9.17, 15) is 0 Å². The normalized spacial score (nSPS) is 16.1. The van der Waals surface area contributed by atoms with Gasteiger partial charge in [0, 0.05) is 29.0 Å². The molecule has 0 spiro atoms. The topological polar surface area (TPSA) is 32.2 Å². The van der Waals surface area contributed by atoms with Crippen LogP contribution in [0.25, 0.3) is 88.8 Å². The molecule has 2 aromatic heterocycles. The first-order valence-corrected chi connectivity index (χ1v) is 23.8. The first-order valence-electron chi connectivity index (χ1n) is 23.8. The molecule has 3 heterocycles. The molecule has 1 unspecified atom stereocenters. The predicted octanol–water partition coefficient (Wildman–Crippen LogP) is 17.7. The van der Waals surface area contributed by atoms with Gasteiger partial charge in [0.15, 0.2) is 5.58 Å². The predicted molar refractivity (Wildman–Crippen MR) is 285 cm³/mol. The molecule has 0 saturated carbocycles. The quantitative estimate of drug-likeness (QED) is 0.149. The van der Waals surface area contributed by atoms with Gasteiger partial charge >= 0.3 is 0 Å². The highest BCUT2D eigenvalue weighted by molar-refractivity contribution is 6.04. The second-order valence-electron chi connectivity index (χ2n) is 18.2. The van der Waals surface area contributed by atoms with E-state index in [1.807, 2.05) is 12.3 Å². The fourth-order valence-electron chi connectivity index (χ4n) is 9.96. The average Bonchev–Trinajstić information content (AvgIpc) is 3.98. The van der Waals surface area contributed by atoms with Gasteiger partial charge in [-0.1, -0.05) is 149 Å². The summed E-state index contributed by atoms with van der Waals surface area (Å²) in [5.41, 5.74) is 24.2. The number of allylic oxidation sites excluding steroid dienone is 7. The average molecular weight is 867 g/mol. The summed E-state index contributed by atoms with van der Waals surface area (Å²) in [6.45, 7) is 11.6. The van der Waals surface area contributed by atoms with E-state index in [2.05, 4.69) is 219 Å². The molecule has 0 radical (unpaired) electrons. The summed E-state index contributed by atoms with van der Waals surface area (Å²) in [5.74, 6) is 0.507. The van der Waals surface area contributed by atoms with Gasteiger partial charge in [0.1, 0.15) is 5.58 Å². The molecule has 2 aliphatic rings. The minimum atomic E-state index is 0.507. The molecule has 0 fully saturated rings. The lowest BCUT2D eigenvalue weighted by Crippen LogP contribution is -2.18. The molecule has 326 valence electrons. The fourth-order valence-corrected chi connectivity index (χ4v) is 9.96. The van der Waals surface area contributed by atoms with Crippen molar-refractivity contribution in [3.63, 3.8) is 0 Å². The van der Waals surface area contributed by atoms with Crippen LogP contribution < -0.4 is 4.90 Å². The molecule has 0 amide bonds. The molecule has 1 atom stereocenters. The van der Waals surface area contributed by atoms with E-state index in [1.54, 1.807) is 0 Å². The zero-order valence-electron chi connectivity index (χ0n) is 38.5. The molecule has 3 nitrogen and oxygen atoms in total. The van der Waals surface area contributed by atoms with Gasteiger partial charge in [-0.3, -0.25) is 0 Å². The second kappa shape index (κ2) is 17.8. The SMILES string of the molecule is C=C1/C=C(c2cccc(-c3cccc(-c4ccc5oc6cc[nH]c6c5c4)c3)c2)\C=C/N(C2=CCC(C)C=C2)c2ccc(-c3cccc(-c4cccc(-c5ccc(CCC)c(CC)c5)c4)c3)cc21. The van der Waals surface area contributed by atoms with Crippen LogP contribution >= 0.6 is 0 Å². The van der Waals surface area contributed by atoms with E-state index in [4.69, 9.17) is 11.0 Å². The van der Waals surface area contributed by atoms with Crippen LogP contribution in [0.1, 0.15) is 55.9 Å². The Labute approximate surface area is 394 Å². The highest BCUT2D eigenvalue weighted by Crippen LogP contribution is 2.41. The molecule has 1 aliphatic heterocycles. The highest BCUT2D eigenvalue weighted by atomic mass is 16.3. The van der Waals surface area contributed by atoms with Crippen LogP contribution in [-0.2, 0) is 12.8 Å². The van der Waals surface area contributed by atoms with Gasteiger partial charge in [0.05, 0.1) is 11.2 Å². The molecule has 67 heavy (non-hydrogen) atoms. The van der Waals surface area contributed by atoms with Crippen molar-refractivity contribution in [2.24, 2.45) is 5.92 Å². The lowest BCUT2D eigenvalue weighted by atomic mass is 9.91. The maximum Gasteiger partial charge on any atom is 0.153 e. The first kappa shape index (κ1) is 41.8. The molecule has 11 rings (SSSR count). The van der Waals surface area contributed by atoms with Crippen molar-refractivity contribution in [1.82, 2.24) is 4.98 Å². The van der Waals surface area contributed by atoms with Crippen LogP contribution in [0.5, 0.6) is 0 Å². The van der Waals surface area contributed by atoms with E-state index in [0.29, 0.717) is 5.92 Å². The molecule has 0 saturated heterocycles. The Morgan fingerprint density at radius 3 is 1.81 bits per heavy atom. The number of fused-ring (bicyclic) bond motifs is 4. The number of benzene rings is 7. The lowest BCUT2D eigenvalue weighted by molar-refractivity contribution is 0.669. The monoisotopic (exact) mass is 866 g/mol. The molecule has 9 aromatic rings. The summed E-state index contributed by atoms with van der Waals surface area (Å²) in [6.07, 6.45) is 19.9. The number of aromatic amines is 1. The van der Waals surface area contributed by atoms with Gasteiger partial charge in [0.2, 0.25) is 0 Å². The Bertz CT molecular complexity index is 3490. The fraction of sp³-hybridized carbons (Fsp3) is 0.125. The maximum atomic E-state index is 6.05. The zero-order chi connectivity index (χ0) is 45.4. The highest BCUT2D eigenvalue weighted by Gasteiger charge is 2.20. The van der Waals surface area contributed by atoms with Crippen LogP contribution in [0.4, 0.5) is 5.69 Å². The van der Waals surface area contributed by atoms with Crippen LogP contribution in [0, 0.1) is 5.92 Å². The molecule has 1 N–H and O–H groups in total. The largest absolute Gasteiger partial charge is 0.454 e. The van der Waals surface area contributed by atoms with Gasteiger partial charge in [-0.2, -0.15) is 0 Å². The van der Waals surface area contributed by atoms with Crippen molar-refractivity contribution in [1.29, 1.82) is 0 Å². The van der Waals surface area contributed by atoms with E-state index in [-0.39, 0.29) is 0 Å². The number of nitrogens with zero attached hydrogens (tertiary/aromatic N) is 1. The summed E-state index contributed by atoms with van der Waals surface area (Å²) in [4.78, 5) is 5.68. The first-order chi connectivity index (χ1) is 32.9. The number of furan rings is 1. The zero-order valence-corrected chi connectivity index (χ0v) is 38.5. The van der Waals surface area contributed by atoms with Gasteiger partial charge in [-0.25, -0.2) is 0 Å². The van der Waals surface area contributed by atoms with Crippen molar-refractivity contribution < 1.29 is 4.42 Å². The number of anilines is 1. The van der Waals surface area contributed by atoms with Gasteiger partial charge in [-0.15, -0.1) is 0 Å². The number of aromatic nitrogens is 1. The summed E-state index contributed by atoms with van der Waals surface area (Å²) in [5, 5.41) is 1.09. The molecule has 1 aliphatic carbocycles. The number of nitrogens with one attached hydrogen (secondary N) is 1. The van der Waals surface area contributed by atoms with Gasteiger partial charge < -0.3 is 14.3 Å². The van der Waals surface area contributed by atoms with Crippen LogP contribution in [0.2, 0.25) is 0 Å². The van der Waals surface area contributed by atoms with Crippen LogP contribution in [-0.4, -0.2) is 4.98 Å². The molecule has 7 aromatic carbocycles. The minimum absolute atomic E-state index is 0.507. The van der Waals surface area contributed by atoms with E-state index >= 15 is 0 Å². The Balaban J connectivity index is 0.932. The van der Waals surface area contributed by atoms with E-state index in [1.165, 1.54) is 44.6 Å². The lowest BCUT2D eigenvalue weighted by Gasteiger charge is -2.29. The van der Waals surface area contributed by atoms with Crippen molar-refractivity contribution in [2.75, 3.05) is 4.90 Å². The maximum absolute atomic E-state index is 6.05. The van der Waals surface area contributed by atoms with Crippen LogP contribution in [0.15, 0.2) is 217 Å². The van der Waals surface area contributed by atoms with Crippen molar-refractivity contribution in [2.45, 2.75) is 46.5 Å². The molecular weight excluding hydrogens is 813 g/mol. The number of H-pyrrole nitrogens is 1. The number of aryl methyl sites for hydroxylation is 2. The summed E-state index contributed by atoms with van der Waals surface area (Å²) < 4.78 is 6.05. The Hall–Kier alpha value is -7.88. The third-order valence-corrected chi connectivity index (χ3v) is 13.6. The van der Waals surface area contributed by atoms with Crippen molar-refractivity contribution >= 4 is 38.9 Å². The molecule has 0 bridgehead atoms. The standard InChI is InChI=1S/C64H54N2O/c1-5-11-45-22-23-54(35-44(45)6-2)50-16-7-12-46(36-50)47-13-8-17-51(37-47)55-24-28-61-59(40-55)43(4)34-57(31-33-66(61)58-26-20-42(3)21-27-58)53-19-10-15-49(39-53)48-14-9-18-52(38-48)56-25-29-62-60(41-56)64-63(67-62)30-32-65-64/h7-10,12-20,22-42,65H,4-6,11,21H2,1-3H3/b33-31-,57-34+. The minimum Gasteiger partial charge on any atom is -0.454 e. The Kier molecular flexibility index (Phi) is 11.1. The van der Waals surface area contributed by atoms with Gasteiger partial charge in [0.25, 0.3) is 0 Å². The van der Waals surface area contributed by atoms with Crippen molar-refractivity contribution in [3.05, 3.63) is 235 Å². The number of hydrogen-bond donors (Lipinski definition) is 1. The number of hydrogen-bond acceptors (Lipinski definition) is 2. The number of rotatable bonds is 10. The van der Waals surface area contributed by atoms with Gasteiger partial charge in [-0.05, 0) is 181 Å². The smallest absolute Gasteiger partial charge is 0.153 e. The molecular formula is C64H54N2O. The Morgan fingerprint density at radius 1 is 0.597 bits per heavy atom. The molecule has 3 heteroatoms. The summed E-state index contributed by atoms with van der Waals surface area (Å²) in [6, 6.07) is 58.0. The van der Waals surface area contributed by atoms with Crippen molar-refractivity contribution in [3.8, 4) is 55.6 Å². The van der Waals surface area contributed by atoms with Crippen LogP contribution in [0.3, 0.4) is 0 Å². The van der Waals surface area contributed by atoms with E-state index < -0.39 is 0 Å². The summed E-state index contributed by atoms with van der Waals surface area (Å²) >= 11 is 0. The summed E-state index contributed by atoms with van der Waals surface area (Å²) in [7, 11) is 0.